The molecule has 0 aromatic carbocycles. The van der Waals surface area contributed by atoms with Gasteiger partial charge in [0.1, 0.15) is 0 Å². The molecule has 1 heterocycles. The fraction of sp³-hybridized carbons (Fsp3) is 0.929. The van der Waals surface area contributed by atoms with Crippen LogP contribution in [0.25, 0.3) is 0 Å². The first kappa shape index (κ1) is 15.8. The van der Waals surface area contributed by atoms with Gasteiger partial charge < -0.3 is 10.6 Å². The molecule has 1 unspecified atom stereocenters. The summed E-state index contributed by atoms with van der Waals surface area (Å²) in [6.07, 6.45) is 7.29. The Morgan fingerprint density at radius 3 is 2.44 bits per heavy atom. The van der Waals surface area contributed by atoms with E-state index in [9.17, 15) is 4.79 Å². The molecule has 1 rings (SSSR count). The molecule has 0 aromatic heterocycles. The van der Waals surface area contributed by atoms with E-state index in [0.29, 0.717) is 0 Å². The first-order chi connectivity index (χ1) is 8.58. The number of hydrogen-bond acceptors (Lipinski definition) is 3. The van der Waals surface area contributed by atoms with Crippen molar-refractivity contribution in [2.45, 2.75) is 63.2 Å². The Morgan fingerprint density at radius 2 is 2.06 bits per heavy atom. The molecule has 106 valence electrons. The maximum Gasteiger partial charge on any atom is 0.240 e. The highest BCUT2D eigenvalue weighted by Gasteiger charge is 2.39. The van der Waals surface area contributed by atoms with Crippen LogP contribution in [0.4, 0.5) is 0 Å². The predicted octanol–water partition coefficient (Wildman–Crippen LogP) is 2.56. The fourth-order valence-corrected chi connectivity index (χ4v) is 3.53. The van der Waals surface area contributed by atoms with Crippen LogP contribution in [0, 0.1) is 0 Å². The molecule has 1 atom stereocenters. The number of carbonyl (C=O) groups excluding carboxylic acids is 1. The normalized spacial score (nSPS) is 24.2. The van der Waals surface area contributed by atoms with E-state index in [2.05, 4.69) is 37.7 Å². The second-order valence-corrected chi connectivity index (χ2v) is 6.52. The molecule has 0 aliphatic carbocycles. The third kappa shape index (κ3) is 3.21. The van der Waals surface area contributed by atoms with E-state index in [1.165, 1.54) is 0 Å². The van der Waals surface area contributed by atoms with Gasteiger partial charge in [-0.2, -0.15) is 11.8 Å². The monoisotopic (exact) mass is 272 g/mol. The summed E-state index contributed by atoms with van der Waals surface area (Å²) in [6.45, 7) is 8.25. The Kier molecular flexibility index (Phi) is 5.99. The molecule has 2 N–H and O–H groups in total. The summed E-state index contributed by atoms with van der Waals surface area (Å²) in [6, 6.07) is 0. The molecule has 0 spiro atoms. The zero-order chi connectivity index (χ0) is 13.6. The van der Waals surface area contributed by atoms with E-state index >= 15 is 0 Å². The van der Waals surface area contributed by atoms with Gasteiger partial charge >= 0.3 is 0 Å². The summed E-state index contributed by atoms with van der Waals surface area (Å²) in [5, 5.41) is 6.58. The minimum Gasteiger partial charge on any atom is -0.353 e. The molecule has 1 aliphatic rings. The number of thioether (sulfide) groups is 1. The van der Waals surface area contributed by atoms with Crippen LogP contribution in [-0.4, -0.2) is 35.5 Å². The van der Waals surface area contributed by atoms with Crippen molar-refractivity contribution < 1.29 is 4.79 Å². The molecule has 3 nitrogen and oxygen atoms in total. The van der Waals surface area contributed by atoms with Crippen LogP contribution in [0.3, 0.4) is 0 Å². The van der Waals surface area contributed by atoms with Crippen LogP contribution in [0.2, 0.25) is 0 Å². The summed E-state index contributed by atoms with van der Waals surface area (Å²) >= 11 is 1.87. The molecular formula is C14H28N2OS. The van der Waals surface area contributed by atoms with Crippen LogP contribution in [0.15, 0.2) is 0 Å². The van der Waals surface area contributed by atoms with Crippen LogP contribution < -0.4 is 10.6 Å². The molecule has 1 aliphatic heterocycles. The Morgan fingerprint density at radius 1 is 1.39 bits per heavy atom. The molecule has 4 heteroatoms. The fourth-order valence-electron chi connectivity index (χ4n) is 2.73. The minimum atomic E-state index is -0.300. The summed E-state index contributed by atoms with van der Waals surface area (Å²) in [5.41, 5.74) is -0.300. The molecule has 0 saturated carbocycles. The first-order valence-electron chi connectivity index (χ1n) is 7.16. The second kappa shape index (κ2) is 6.80. The first-order valence-corrected chi connectivity index (χ1v) is 8.39. The van der Waals surface area contributed by atoms with Crippen LogP contribution in [-0.2, 0) is 4.79 Å². The van der Waals surface area contributed by atoms with Gasteiger partial charge in [0.15, 0.2) is 0 Å². The minimum absolute atomic E-state index is 0.197. The lowest BCUT2D eigenvalue weighted by atomic mass is 9.92. The van der Waals surface area contributed by atoms with Gasteiger partial charge in [-0.15, -0.1) is 0 Å². The van der Waals surface area contributed by atoms with Crippen LogP contribution >= 0.6 is 11.8 Å². The summed E-state index contributed by atoms with van der Waals surface area (Å²) in [4.78, 5) is 12.4. The predicted molar refractivity (Wildman–Crippen MR) is 80.1 cm³/mol. The highest BCUT2D eigenvalue weighted by Crippen LogP contribution is 2.30. The largest absolute Gasteiger partial charge is 0.353 e. The molecule has 1 amide bonds. The molecule has 0 bridgehead atoms. The number of amides is 1. The number of rotatable bonds is 7. The second-order valence-electron chi connectivity index (χ2n) is 5.24. The van der Waals surface area contributed by atoms with Crippen LogP contribution in [0.1, 0.15) is 52.9 Å². The van der Waals surface area contributed by atoms with Gasteiger partial charge in [0.25, 0.3) is 0 Å². The Bertz CT molecular complexity index is 263. The summed E-state index contributed by atoms with van der Waals surface area (Å²) in [5.74, 6) is 0.197. The molecule has 0 aromatic rings. The maximum atomic E-state index is 12.4. The van der Waals surface area contributed by atoms with Gasteiger partial charge in [-0.3, -0.25) is 4.79 Å². The smallest absolute Gasteiger partial charge is 0.240 e. The number of carbonyl (C=O) groups is 1. The molecular weight excluding hydrogens is 244 g/mol. The van der Waals surface area contributed by atoms with Gasteiger partial charge in [-0.05, 0) is 44.9 Å². The molecule has 0 radical (unpaired) electrons. The van der Waals surface area contributed by atoms with E-state index in [4.69, 9.17) is 0 Å². The standard InChI is InChI=1S/C14H28N2OS/c1-5-13(6-2,18-4)11-15-12(17)14(7-3)9-8-10-16-14/h16H,5-11H2,1-4H3,(H,15,17). The average Bonchev–Trinajstić information content (AvgIpc) is 2.91. The molecule has 18 heavy (non-hydrogen) atoms. The zero-order valence-corrected chi connectivity index (χ0v) is 13.1. The van der Waals surface area contributed by atoms with Crippen LogP contribution in [0.5, 0.6) is 0 Å². The highest BCUT2D eigenvalue weighted by atomic mass is 32.2. The van der Waals surface area contributed by atoms with E-state index in [1.807, 2.05) is 11.8 Å². The molecule has 1 saturated heterocycles. The van der Waals surface area contributed by atoms with Gasteiger partial charge in [0.05, 0.1) is 5.54 Å². The third-order valence-corrected chi connectivity index (χ3v) is 6.16. The van der Waals surface area contributed by atoms with Gasteiger partial charge in [-0.25, -0.2) is 0 Å². The topological polar surface area (TPSA) is 41.1 Å². The zero-order valence-electron chi connectivity index (χ0n) is 12.3. The van der Waals surface area contributed by atoms with E-state index in [-0.39, 0.29) is 16.2 Å². The van der Waals surface area contributed by atoms with E-state index in [0.717, 1.165) is 45.2 Å². The third-order valence-electron chi connectivity index (χ3n) is 4.57. The highest BCUT2D eigenvalue weighted by molar-refractivity contribution is 8.00. The van der Waals surface area contributed by atoms with E-state index < -0.39 is 0 Å². The Balaban J connectivity index is 2.59. The SMILES string of the molecule is CCC(CC)(CNC(=O)C1(CC)CCCN1)SC. The summed E-state index contributed by atoms with van der Waals surface area (Å²) in [7, 11) is 0. The van der Waals surface area contributed by atoms with Crippen molar-refractivity contribution in [1.82, 2.24) is 10.6 Å². The molecule has 1 fully saturated rings. The van der Waals surface area contributed by atoms with Crippen molar-refractivity contribution in [3.63, 3.8) is 0 Å². The average molecular weight is 272 g/mol. The van der Waals surface area contributed by atoms with Gasteiger partial charge in [0.2, 0.25) is 5.91 Å². The maximum absolute atomic E-state index is 12.4. The number of hydrogen-bond donors (Lipinski definition) is 2. The van der Waals surface area contributed by atoms with Crippen molar-refractivity contribution in [2.24, 2.45) is 0 Å². The van der Waals surface area contributed by atoms with Gasteiger partial charge in [0, 0.05) is 11.3 Å². The van der Waals surface area contributed by atoms with Crippen molar-refractivity contribution >= 4 is 17.7 Å². The quantitative estimate of drug-likeness (QED) is 0.748. The number of nitrogens with one attached hydrogen (secondary N) is 2. The van der Waals surface area contributed by atoms with Crippen molar-refractivity contribution in [3.05, 3.63) is 0 Å². The van der Waals surface area contributed by atoms with Gasteiger partial charge in [-0.1, -0.05) is 20.8 Å². The Labute approximate surface area is 116 Å². The lowest BCUT2D eigenvalue weighted by molar-refractivity contribution is -0.127. The van der Waals surface area contributed by atoms with Crippen molar-refractivity contribution in [2.75, 3.05) is 19.3 Å². The van der Waals surface area contributed by atoms with E-state index in [1.54, 1.807) is 0 Å². The van der Waals surface area contributed by atoms with Crippen molar-refractivity contribution in [1.29, 1.82) is 0 Å². The van der Waals surface area contributed by atoms with Crippen molar-refractivity contribution in [3.8, 4) is 0 Å². The lowest BCUT2D eigenvalue weighted by Gasteiger charge is -2.33. The Hall–Kier alpha value is -0.220. The lowest BCUT2D eigenvalue weighted by Crippen LogP contribution is -2.55. The summed E-state index contributed by atoms with van der Waals surface area (Å²) < 4.78 is 0.198.